The summed E-state index contributed by atoms with van der Waals surface area (Å²) >= 11 is 0. The van der Waals surface area contributed by atoms with Crippen molar-refractivity contribution in [2.45, 2.75) is 13.5 Å². The lowest BCUT2D eigenvalue weighted by Gasteiger charge is -2.09. The van der Waals surface area contributed by atoms with Crippen molar-refractivity contribution in [1.82, 2.24) is 9.97 Å². The zero-order valence-corrected chi connectivity index (χ0v) is 10.2. The number of nitrogens with zero attached hydrogens (tertiary/aromatic N) is 2. The van der Waals surface area contributed by atoms with Crippen LogP contribution in [0.3, 0.4) is 0 Å². The van der Waals surface area contributed by atoms with Gasteiger partial charge >= 0.3 is 0 Å². The maximum absolute atomic E-state index is 13.5. The van der Waals surface area contributed by atoms with Crippen LogP contribution in [0.4, 0.5) is 20.4 Å². The number of aromatic nitrogens is 2. The summed E-state index contributed by atoms with van der Waals surface area (Å²) in [6.45, 7) is 2.14. The third-order valence-corrected chi connectivity index (χ3v) is 2.45. The first-order valence-corrected chi connectivity index (χ1v) is 5.59. The molecule has 7 heteroatoms. The van der Waals surface area contributed by atoms with Crippen molar-refractivity contribution >= 4 is 11.6 Å². The Balaban J connectivity index is 2.15. The molecule has 0 aliphatic heterocycles. The molecule has 0 bridgehead atoms. The fourth-order valence-electron chi connectivity index (χ4n) is 1.56. The minimum atomic E-state index is -0.848. The van der Waals surface area contributed by atoms with E-state index in [0.717, 1.165) is 11.4 Å². The number of nitrogen functional groups attached to an aromatic ring is 1. The Morgan fingerprint density at radius 3 is 2.58 bits per heavy atom. The number of anilines is 2. The highest BCUT2D eigenvalue weighted by Gasteiger charge is 2.11. The van der Waals surface area contributed by atoms with Gasteiger partial charge in [-0.25, -0.2) is 19.6 Å². The molecule has 19 heavy (non-hydrogen) atoms. The predicted molar refractivity (Wildman–Crippen MR) is 68.3 cm³/mol. The summed E-state index contributed by atoms with van der Waals surface area (Å²) in [4.78, 5) is 7.95. The highest BCUT2D eigenvalue weighted by molar-refractivity contribution is 5.47. The van der Waals surface area contributed by atoms with Crippen LogP contribution in [0.25, 0.3) is 0 Å². The molecule has 0 atom stereocenters. The van der Waals surface area contributed by atoms with Gasteiger partial charge in [0.25, 0.3) is 0 Å². The van der Waals surface area contributed by atoms with Crippen molar-refractivity contribution in [3.8, 4) is 0 Å². The monoisotopic (exact) mass is 265 g/mol. The van der Waals surface area contributed by atoms with Crippen molar-refractivity contribution in [1.29, 1.82) is 0 Å². The molecule has 0 saturated carbocycles. The molecule has 2 aromatic heterocycles. The molecule has 2 rings (SSSR count). The maximum atomic E-state index is 13.5. The average Bonchev–Trinajstić information content (AvgIpc) is 2.38. The molecule has 2 aromatic rings. The summed E-state index contributed by atoms with van der Waals surface area (Å²) in [5, 5.41) is 2.75. The lowest BCUT2D eigenvalue weighted by molar-refractivity contribution is 0.578. The number of hydrogen-bond donors (Lipinski definition) is 3. The fourth-order valence-corrected chi connectivity index (χ4v) is 1.56. The van der Waals surface area contributed by atoms with Crippen LogP contribution in [0.15, 0.2) is 24.3 Å². The minimum absolute atomic E-state index is 0.0855. The molecule has 0 amide bonds. The molecule has 0 saturated heterocycles. The molecule has 0 aliphatic rings. The third-order valence-electron chi connectivity index (χ3n) is 2.45. The normalized spacial score (nSPS) is 10.3. The molecule has 0 radical (unpaired) electrons. The van der Waals surface area contributed by atoms with Crippen molar-refractivity contribution < 1.29 is 8.78 Å². The van der Waals surface area contributed by atoms with Gasteiger partial charge in [-0.3, -0.25) is 4.98 Å². The molecule has 5 nitrogen and oxygen atoms in total. The van der Waals surface area contributed by atoms with Crippen molar-refractivity contribution in [2.24, 2.45) is 5.84 Å². The van der Waals surface area contributed by atoms with Crippen LogP contribution in [0.1, 0.15) is 11.4 Å². The summed E-state index contributed by atoms with van der Waals surface area (Å²) in [5.41, 5.74) is 3.65. The second-order valence-electron chi connectivity index (χ2n) is 3.92. The minimum Gasteiger partial charge on any atom is -0.362 e. The Morgan fingerprint density at radius 1 is 1.16 bits per heavy atom. The van der Waals surface area contributed by atoms with Gasteiger partial charge in [0.1, 0.15) is 0 Å². The van der Waals surface area contributed by atoms with Crippen molar-refractivity contribution in [3.05, 3.63) is 47.3 Å². The van der Waals surface area contributed by atoms with Crippen LogP contribution in [0.2, 0.25) is 0 Å². The van der Waals surface area contributed by atoms with Crippen LogP contribution in [0.5, 0.6) is 0 Å². The van der Waals surface area contributed by atoms with E-state index < -0.39 is 11.6 Å². The number of rotatable bonds is 4. The van der Waals surface area contributed by atoms with Crippen LogP contribution in [-0.2, 0) is 6.54 Å². The van der Waals surface area contributed by atoms with E-state index in [0.29, 0.717) is 6.07 Å². The zero-order chi connectivity index (χ0) is 13.8. The summed E-state index contributed by atoms with van der Waals surface area (Å²) in [6.07, 6.45) is 0. The second kappa shape index (κ2) is 5.57. The molecule has 0 aromatic carbocycles. The van der Waals surface area contributed by atoms with Gasteiger partial charge in [0.15, 0.2) is 23.3 Å². The number of pyridine rings is 2. The Morgan fingerprint density at radius 2 is 1.89 bits per heavy atom. The van der Waals surface area contributed by atoms with Crippen LogP contribution in [0, 0.1) is 18.6 Å². The van der Waals surface area contributed by atoms with Crippen LogP contribution < -0.4 is 16.6 Å². The van der Waals surface area contributed by atoms with Crippen molar-refractivity contribution in [2.75, 3.05) is 10.7 Å². The number of halogens is 2. The van der Waals surface area contributed by atoms with Crippen molar-refractivity contribution in [3.63, 3.8) is 0 Å². The SMILES string of the molecule is Cc1cccc(CNc2nc(NN)c(F)cc2F)n1. The highest BCUT2D eigenvalue weighted by Crippen LogP contribution is 2.18. The van der Waals surface area contributed by atoms with E-state index in [-0.39, 0.29) is 18.2 Å². The Kier molecular flexibility index (Phi) is 3.86. The molecule has 2 heterocycles. The van der Waals surface area contributed by atoms with Gasteiger partial charge in [-0.15, -0.1) is 0 Å². The van der Waals surface area contributed by atoms with E-state index in [9.17, 15) is 8.78 Å². The Hall–Kier alpha value is -2.28. The van der Waals surface area contributed by atoms with Crippen LogP contribution in [-0.4, -0.2) is 9.97 Å². The lowest BCUT2D eigenvalue weighted by Crippen LogP contribution is -2.13. The molecule has 100 valence electrons. The topological polar surface area (TPSA) is 75.9 Å². The van der Waals surface area contributed by atoms with Gasteiger partial charge in [0.2, 0.25) is 0 Å². The quantitative estimate of drug-likeness (QED) is 0.582. The largest absolute Gasteiger partial charge is 0.362 e. The highest BCUT2D eigenvalue weighted by atomic mass is 19.1. The number of aryl methyl sites for hydroxylation is 1. The van der Waals surface area contributed by atoms with Gasteiger partial charge in [-0.05, 0) is 19.1 Å². The second-order valence-corrected chi connectivity index (χ2v) is 3.92. The van der Waals surface area contributed by atoms with E-state index in [1.165, 1.54) is 0 Å². The predicted octanol–water partition coefficient (Wildman–Crippen LogP) is 1.96. The standard InChI is InChI=1S/C12H13F2N5/c1-7-3-2-4-8(17-7)6-16-11-9(13)5-10(14)12(18-11)19-15/h2-5H,6,15H2,1H3,(H2,16,18,19). The Labute approximate surface area is 108 Å². The first-order valence-electron chi connectivity index (χ1n) is 5.59. The summed E-state index contributed by atoms with van der Waals surface area (Å²) in [5.74, 6) is 3.14. The molecule has 0 aliphatic carbocycles. The van der Waals surface area contributed by atoms with E-state index in [4.69, 9.17) is 5.84 Å². The number of nitrogens with two attached hydrogens (primary N) is 1. The van der Waals surface area contributed by atoms with Gasteiger partial charge in [0, 0.05) is 11.8 Å². The van der Waals surface area contributed by atoms with E-state index in [2.05, 4.69) is 20.7 Å². The van der Waals surface area contributed by atoms with Crippen LogP contribution >= 0.6 is 0 Å². The molecule has 0 fully saturated rings. The molecule has 0 spiro atoms. The van der Waals surface area contributed by atoms with Gasteiger partial charge in [0.05, 0.1) is 12.2 Å². The van der Waals surface area contributed by atoms with Gasteiger partial charge < -0.3 is 10.7 Å². The summed E-state index contributed by atoms with van der Waals surface area (Å²) in [6, 6.07) is 6.22. The third kappa shape index (κ3) is 3.14. The first kappa shape index (κ1) is 13.2. The maximum Gasteiger partial charge on any atom is 0.178 e. The summed E-state index contributed by atoms with van der Waals surface area (Å²) in [7, 11) is 0. The van der Waals surface area contributed by atoms with Gasteiger partial charge in [-0.2, -0.15) is 0 Å². The van der Waals surface area contributed by atoms with E-state index in [1.807, 2.05) is 19.1 Å². The van der Waals surface area contributed by atoms with Gasteiger partial charge in [-0.1, -0.05) is 6.07 Å². The smallest absolute Gasteiger partial charge is 0.178 e. The number of hydrazine groups is 1. The zero-order valence-electron chi connectivity index (χ0n) is 10.2. The molecular weight excluding hydrogens is 252 g/mol. The number of nitrogens with one attached hydrogen (secondary N) is 2. The average molecular weight is 265 g/mol. The van der Waals surface area contributed by atoms with E-state index >= 15 is 0 Å². The molecule has 0 unspecified atom stereocenters. The number of hydrogen-bond acceptors (Lipinski definition) is 5. The molecule has 4 N–H and O–H groups in total. The summed E-state index contributed by atoms with van der Waals surface area (Å²) < 4.78 is 26.7. The lowest BCUT2D eigenvalue weighted by atomic mass is 10.3. The Bertz CT molecular complexity index is 588. The first-order chi connectivity index (χ1) is 9.10. The molecular formula is C12H13F2N5. The van der Waals surface area contributed by atoms with E-state index in [1.54, 1.807) is 6.07 Å². The fraction of sp³-hybridized carbons (Fsp3) is 0.167.